The monoisotopic (exact) mass is 350 g/mol. The molecule has 0 N–H and O–H groups in total. The molecule has 0 spiro atoms. The molecule has 0 amide bonds. The highest BCUT2D eigenvalue weighted by molar-refractivity contribution is 9.10. The van der Waals surface area contributed by atoms with Crippen LogP contribution >= 0.6 is 39.9 Å². The Hall–Kier alpha value is -0.640. The Labute approximate surface area is 132 Å². The van der Waals surface area contributed by atoms with E-state index in [1.165, 1.54) is 5.56 Å². The third kappa shape index (κ3) is 4.75. The lowest BCUT2D eigenvalue weighted by atomic mass is 10.1. The zero-order valence-electron chi connectivity index (χ0n) is 10.7. The van der Waals surface area contributed by atoms with Gasteiger partial charge in [-0.05, 0) is 29.7 Å². The largest absolute Gasteiger partial charge is 0.111 e. The van der Waals surface area contributed by atoms with E-state index in [1.807, 2.05) is 18.2 Å². The lowest BCUT2D eigenvalue weighted by Gasteiger charge is -2.12. The van der Waals surface area contributed by atoms with Crippen molar-refractivity contribution in [3.8, 4) is 0 Å². The first-order valence-electron chi connectivity index (χ1n) is 6.15. The van der Waals surface area contributed by atoms with Gasteiger partial charge in [0.25, 0.3) is 0 Å². The molecule has 1 atom stereocenters. The van der Waals surface area contributed by atoms with E-state index < -0.39 is 0 Å². The van der Waals surface area contributed by atoms with Crippen LogP contribution in [-0.4, -0.2) is 9.45 Å². The van der Waals surface area contributed by atoms with E-state index in [4.69, 9.17) is 12.2 Å². The molecule has 0 aliphatic heterocycles. The fourth-order valence-electron chi connectivity index (χ4n) is 1.82. The van der Waals surface area contributed by atoms with Gasteiger partial charge in [-0.3, -0.25) is 0 Å². The zero-order valence-corrected chi connectivity index (χ0v) is 13.9. The van der Waals surface area contributed by atoms with Crippen LogP contribution in [0.1, 0.15) is 18.1 Å². The Bertz CT molecular complexity index is 534. The molecular formula is C16H15BrS2. The number of hydrogen-bond donors (Lipinski definition) is 0. The van der Waals surface area contributed by atoms with Crippen LogP contribution in [0.4, 0.5) is 0 Å². The predicted octanol–water partition coefficient (Wildman–Crippen LogP) is 5.49. The van der Waals surface area contributed by atoms with E-state index in [1.54, 1.807) is 11.8 Å². The van der Waals surface area contributed by atoms with E-state index >= 15 is 0 Å². The van der Waals surface area contributed by atoms with Gasteiger partial charge in [0.05, 0.1) is 4.20 Å². The fraction of sp³-hybridized carbons (Fsp3) is 0.188. The van der Waals surface area contributed by atoms with Gasteiger partial charge in [-0.1, -0.05) is 77.5 Å². The molecule has 0 heterocycles. The summed E-state index contributed by atoms with van der Waals surface area (Å²) in [5, 5.41) is 0.485. The number of thioether (sulfide) groups is 1. The summed E-state index contributed by atoms with van der Waals surface area (Å²) in [5.41, 5.74) is 2.49. The molecule has 0 saturated heterocycles. The Morgan fingerprint density at radius 3 is 2.37 bits per heavy atom. The van der Waals surface area contributed by atoms with Gasteiger partial charge in [0.2, 0.25) is 0 Å². The minimum Gasteiger partial charge on any atom is -0.111 e. The SMILES string of the molecule is CC(Cc1ccccc1)SC(=S)c1ccc(Br)cc1. The van der Waals surface area contributed by atoms with Gasteiger partial charge >= 0.3 is 0 Å². The average molecular weight is 351 g/mol. The summed E-state index contributed by atoms with van der Waals surface area (Å²) in [5.74, 6) is 0. The van der Waals surface area contributed by atoms with E-state index in [2.05, 4.69) is 59.3 Å². The molecule has 19 heavy (non-hydrogen) atoms. The van der Waals surface area contributed by atoms with Crippen LogP contribution in [0.5, 0.6) is 0 Å². The molecule has 3 heteroatoms. The summed E-state index contributed by atoms with van der Waals surface area (Å²) < 4.78 is 2.05. The van der Waals surface area contributed by atoms with E-state index in [-0.39, 0.29) is 0 Å². The van der Waals surface area contributed by atoms with Crippen molar-refractivity contribution in [3.05, 3.63) is 70.2 Å². The Morgan fingerprint density at radius 2 is 1.74 bits per heavy atom. The number of benzene rings is 2. The van der Waals surface area contributed by atoms with Crippen molar-refractivity contribution in [2.24, 2.45) is 0 Å². The van der Waals surface area contributed by atoms with Crippen LogP contribution in [0, 0.1) is 0 Å². The number of rotatable bonds is 4. The van der Waals surface area contributed by atoms with Crippen molar-refractivity contribution in [1.82, 2.24) is 0 Å². The highest BCUT2D eigenvalue weighted by Crippen LogP contribution is 2.23. The van der Waals surface area contributed by atoms with Crippen molar-refractivity contribution < 1.29 is 0 Å². The molecule has 98 valence electrons. The van der Waals surface area contributed by atoms with Gasteiger partial charge in [-0.25, -0.2) is 0 Å². The second kappa shape index (κ2) is 7.22. The molecule has 0 aromatic heterocycles. The maximum Gasteiger partial charge on any atom is 0.0781 e. The van der Waals surface area contributed by atoms with Gasteiger partial charge in [-0.15, -0.1) is 11.8 Å². The maximum absolute atomic E-state index is 5.50. The van der Waals surface area contributed by atoms with Crippen molar-refractivity contribution in [1.29, 1.82) is 0 Å². The summed E-state index contributed by atoms with van der Waals surface area (Å²) in [6.45, 7) is 2.23. The molecular weight excluding hydrogens is 336 g/mol. The highest BCUT2D eigenvalue weighted by atomic mass is 79.9. The standard InChI is InChI=1S/C16H15BrS2/c1-12(11-13-5-3-2-4-6-13)19-16(18)14-7-9-15(17)10-8-14/h2-10,12H,11H2,1H3. The molecule has 0 aliphatic rings. The summed E-state index contributed by atoms with van der Waals surface area (Å²) in [6, 6.07) is 18.7. The van der Waals surface area contributed by atoms with Crippen molar-refractivity contribution >= 4 is 44.1 Å². The third-order valence-corrected chi connectivity index (χ3v) is 4.83. The number of thiocarbonyl (C=S) groups is 1. The molecule has 0 bridgehead atoms. The van der Waals surface area contributed by atoms with Crippen molar-refractivity contribution in [3.63, 3.8) is 0 Å². The average Bonchev–Trinajstić information content (AvgIpc) is 2.40. The highest BCUT2D eigenvalue weighted by Gasteiger charge is 2.09. The van der Waals surface area contributed by atoms with Gasteiger partial charge in [-0.2, -0.15) is 0 Å². The Morgan fingerprint density at radius 1 is 1.11 bits per heavy atom. The fourth-order valence-corrected chi connectivity index (χ4v) is 3.63. The number of halogens is 1. The molecule has 2 aromatic rings. The Balaban J connectivity index is 1.93. The van der Waals surface area contributed by atoms with Gasteiger partial charge in [0, 0.05) is 9.72 Å². The molecule has 0 fully saturated rings. The van der Waals surface area contributed by atoms with Crippen LogP contribution in [0.2, 0.25) is 0 Å². The Kier molecular flexibility index (Phi) is 5.61. The zero-order chi connectivity index (χ0) is 13.7. The van der Waals surface area contributed by atoms with Crippen molar-refractivity contribution in [2.45, 2.75) is 18.6 Å². The molecule has 0 radical (unpaired) electrons. The van der Waals surface area contributed by atoms with Crippen molar-refractivity contribution in [2.75, 3.05) is 0 Å². The molecule has 0 nitrogen and oxygen atoms in total. The van der Waals surface area contributed by atoms with Gasteiger partial charge < -0.3 is 0 Å². The van der Waals surface area contributed by atoms with Crippen LogP contribution in [0.25, 0.3) is 0 Å². The smallest absolute Gasteiger partial charge is 0.0781 e. The minimum absolute atomic E-state index is 0.485. The lowest BCUT2D eigenvalue weighted by Crippen LogP contribution is -2.05. The first kappa shape index (κ1) is 14.8. The summed E-state index contributed by atoms with van der Waals surface area (Å²) in [4.78, 5) is 0. The van der Waals surface area contributed by atoms with Crippen LogP contribution in [-0.2, 0) is 6.42 Å². The molecule has 0 saturated carbocycles. The molecule has 2 aromatic carbocycles. The summed E-state index contributed by atoms with van der Waals surface area (Å²) in [7, 11) is 0. The van der Waals surface area contributed by atoms with Gasteiger partial charge in [0.15, 0.2) is 0 Å². The van der Waals surface area contributed by atoms with E-state index in [9.17, 15) is 0 Å². The van der Waals surface area contributed by atoms with Crippen LogP contribution in [0.3, 0.4) is 0 Å². The summed E-state index contributed by atoms with van der Waals surface area (Å²) >= 11 is 10.7. The normalized spacial score (nSPS) is 12.1. The quantitative estimate of drug-likeness (QED) is 0.668. The first-order valence-corrected chi connectivity index (χ1v) is 8.24. The molecule has 1 unspecified atom stereocenters. The topological polar surface area (TPSA) is 0 Å². The first-order chi connectivity index (χ1) is 9.15. The summed E-state index contributed by atoms with van der Waals surface area (Å²) in [6.07, 6.45) is 1.04. The minimum atomic E-state index is 0.485. The number of hydrogen-bond acceptors (Lipinski definition) is 2. The van der Waals surface area contributed by atoms with E-state index in [0.29, 0.717) is 5.25 Å². The lowest BCUT2D eigenvalue weighted by molar-refractivity contribution is 0.948. The van der Waals surface area contributed by atoms with Crippen LogP contribution in [0.15, 0.2) is 59.1 Å². The third-order valence-electron chi connectivity index (χ3n) is 2.75. The predicted molar refractivity (Wildman–Crippen MR) is 93.0 cm³/mol. The van der Waals surface area contributed by atoms with Crippen LogP contribution < -0.4 is 0 Å². The van der Waals surface area contributed by atoms with E-state index in [0.717, 1.165) is 20.7 Å². The molecule has 2 rings (SSSR count). The van der Waals surface area contributed by atoms with Gasteiger partial charge in [0.1, 0.15) is 0 Å². The maximum atomic E-state index is 5.50. The molecule has 0 aliphatic carbocycles. The second-order valence-corrected chi connectivity index (χ2v) is 7.44. The second-order valence-electron chi connectivity index (χ2n) is 4.41.